The summed E-state index contributed by atoms with van der Waals surface area (Å²) >= 11 is 0. The highest BCUT2D eigenvalue weighted by Gasteiger charge is 2.15. The Morgan fingerprint density at radius 3 is 2.57 bits per heavy atom. The molecule has 0 heterocycles. The molecule has 1 aromatic rings. The molecule has 0 aromatic heterocycles. The second-order valence-electron chi connectivity index (χ2n) is 2.77. The molecule has 0 amide bonds. The van der Waals surface area contributed by atoms with E-state index in [9.17, 15) is 13.6 Å². The smallest absolute Gasteiger partial charge is 0.264 e. The molecule has 0 fully saturated rings. The molecule has 0 atom stereocenters. The fraction of sp³-hybridized carbons (Fsp3) is 0.200. The summed E-state index contributed by atoms with van der Waals surface area (Å²) < 4.78 is 24.8. The Labute approximate surface area is 79.8 Å². The molecule has 0 spiro atoms. The van der Waals surface area contributed by atoms with E-state index in [1.165, 1.54) is 19.1 Å². The molecule has 1 rings (SSSR count). The second kappa shape index (κ2) is 3.97. The van der Waals surface area contributed by atoms with Crippen molar-refractivity contribution in [3.8, 4) is 6.07 Å². The summed E-state index contributed by atoms with van der Waals surface area (Å²) in [6.45, 7) is 1.20. The molecule has 0 aliphatic rings. The van der Waals surface area contributed by atoms with Gasteiger partial charge in [-0.25, -0.2) is 8.78 Å². The first kappa shape index (κ1) is 10.3. The van der Waals surface area contributed by atoms with E-state index in [2.05, 4.69) is 0 Å². The zero-order chi connectivity index (χ0) is 10.7. The predicted molar refractivity (Wildman–Crippen MR) is 46.1 cm³/mol. The number of nitrogens with zero attached hydrogens (tertiary/aromatic N) is 1. The standard InChI is InChI=1S/C10H7F2NO/c1-6(14)9-4-7(5-13)2-3-8(9)10(11)12/h2-4,10H,1H3. The van der Waals surface area contributed by atoms with Crippen molar-refractivity contribution < 1.29 is 13.6 Å². The Kier molecular flexibility index (Phi) is 2.92. The number of benzene rings is 1. The molecule has 0 saturated carbocycles. The minimum atomic E-state index is -2.69. The number of hydrogen-bond donors (Lipinski definition) is 0. The van der Waals surface area contributed by atoms with Crippen LogP contribution in [-0.4, -0.2) is 5.78 Å². The summed E-state index contributed by atoms with van der Waals surface area (Å²) in [4.78, 5) is 11.0. The third kappa shape index (κ3) is 1.94. The average Bonchev–Trinajstić information content (AvgIpc) is 2.16. The maximum absolute atomic E-state index is 12.4. The molecular formula is C10H7F2NO. The van der Waals surface area contributed by atoms with E-state index < -0.39 is 12.2 Å². The van der Waals surface area contributed by atoms with Gasteiger partial charge in [-0.15, -0.1) is 0 Å². The van der Waals surface area contributed by atoms with Gasteiger partial charge in [0.2, 0.25) is 0 Å². The van der Waals surface area contributed by atoms with Gasteiger partial charge in [-0.2, -0.15) is 5.26 Å². The Morgan fingerprint density at radius 2 is 2.14 bits per heavy atom. The van der Waals surface area contributed by atoms with Crippen LogP contribution in [0.25, 0.3) is 0 Å². The van der Waals surface area contributed by atoms with Gasteiger partial charge in [0.05, 0.1) is 11.6 Å². The molecule has 0 aliphatic heterocycles. The van der Waals surface area contributed by atoms with Gasteiger partial charge < -0.3 is 0 Å². The number of carbonyl (C=O) groups excluding carboxylic acids is 1. The molecule has 4 heteroatoms. The molecule has 0 bridgehead atoms. The second-order valence-corrected chi connectivity index (χ2v) is 2.77. The minimum absolute atomic E-state index is 0.0842. The zero-order valence-electron chi connectivity index (χ0n) is 7.42. The van der Waals surface area contributed by atoms with E-state index in [0.717, 1.165) is 6.07 Å². The lowest BCUT2D eigenvalue weighted by molar-refractivity contribution is 0.0999. The van der Waals surface area contributed by atoms with Gasteiger partial charge in [0, 0.05) is 11.1 Å². The van der Waals surface area contributed by atoms with E-state index in [-0.39, 0.29) is 16.7 Å². The van der Waals surface area contributed by atoms with Gasteiger partial charge in [0.15, 0.2) is 5.78 Å². The van der Waals surface area contributed by atoms with E-state index in [1.807, 2.05) is 0 Å². The molecule has 0 N–H and O–H groups in total. The van der Waals surface area contributed by atoms with Crippen molar-refractivity contribution in [2.24, 2.45) is 0 Å². The third-order valence-electron chi connectivity index (χ3n) is 1.80. The molecule has 0 unspecified atom stereocenters. The number of halogens is 2. The lowest BCUT2D eigenvalue weighted by Gasteiger charge is -2.05. The maximum Gasteiger partial charge on any atom is 0.264 e. The Balaban J connectivity index is 3.33. The van der Waals surface area contributed by atoms with E-state index in [1.54, 1.807) is 6.07 Å². The fourth-order valence-corrected chi connectivity index (χ4v) is 1.12. The fourth-order valence-electron chi connectivity index (χ4n) is 1.12. The van der Waals surface area contributed by atoms with Crippen LogP contribution < -0.4 is 0 Å². The monoisotopic (exact) mass is 195 g/mol. The van der Waals surface area contributed by atoms with Gasteiger partial charge in [0.1, 0.15) is 0 Å². The molecular weight excluding hydrogens is 188 g/mol. The van der Waals surface area contributed by atoms with Crippen LogP contribution >= 0.6 is 0 Å². The number of nitriles is 1. The number of carbonyl (C=O) groups is 1. The van der Waals surface area contributed by atoms with Gasteiger partial charge in [-0.1, -0.05) is 6.07 Å². The van der Waals surface area contributed by atoms with Crippen LogP contribution in [0.3, 0.4) is 0 Å². The quantitative estimate of drug-likeness (QED) is 0.680. The summed E-state index contributed by atoms with van der Waals surface area (Å²) in [5, 5.41) is 8.52. The summed E-state index contributed by atoms with van der Waals surface area (Å²) in [5.41, 5.74) is -0.199. The third-order valence-corrected chi connectivity index (χ3v) is 1.80. The topological polar surface area (TPSA) is 40.9 Å². The Bertz CT molecular complexity index is 407. The van der Waals surface area contributed by atoms with E-state index in [4.69, 9.17) is 5.26 Å². The number of alkyl halides is 2. The van der Waals surface area contributed by atoms with Gasteiger partial charge in [-0.05, 0) is 19.1 Å². The molecule has 0 saturated heterocycles. The molecule has 1 aromatic carbocycles. The van der Waals surface area contributed by atoms with Crippen molar-refractivity contribution in [1.82, 2.24) is 0 Å². The van der Waals surface area contributed by atoms with Gasteiger partial charge in [0.25, 0.3) is 6.43 Å². The summed E-state index contributed by atoms with van der Waals surface area (Å²) in [6, 6.07) is 5.36. The van der Waals surface area contributed by atoms with Crippen molar-refractivity contribution in [2.45, 2.75) is 13.3 Å². The number of Topliss-reactive ketones (excluding diaryl/α,β-unsaturated/α-hetero) is 1. The van der Waals surface area contributed by atoms with Crippen LogP contribution in [0.4, 0.5) is 8.78 Å². The number of hydrogen-bond acceptors (Lipinski definition) is 2. The normalized spacial score (nSPS) is 9.93. The number of rotatable bonds is 2. The van der Waals surface area contributed by atoms with Crippen molar-refractivity contribution in [3.05, 3.63) is 34.9 Å². The number of ketones is 1. The highest BCUT2D eigenvalue weighted by molar-refractivity contribution is 5.96. The lowest BCUT2D eigenvalue weighted by Crippen LogP contribution is -2.00. The van der Waals surface area contributed by atoms with E-state index in [0.29, 0.717) is 0 Å². The SMILES string of the molecule is CC(=O)c1cc(C#N)ccc1C(F)F. The summed E-state index contributed by atoms with van der Waals surface area (Å²) in [6.07, 6.45) is -2.69. The molecule has 2 nitrogen and oxygen atoms in total. The Morgan fingerprint density at radius 1 is 1.50 bits per heavy atom. The molecule has 14 heavy (non-hydrogen) atoms. The van der Waals surface area contributed by atoms with Crippen LogP contribution in [0, 0.1) is 11.3 Å². The van der Waals surface area contributed by atoms with Crippen molar-refractivity contribution in [2.75, 3.05) is 0 Å². The van der Waals surface area contributed by atoms with E-state index >= 15 is 0 Å². The van der Waals surface area contributed by atoms with Crippen LogP contribution in [0.15, 0.2) is 18.2 Å². The molecule has 0 radical (unpaired) electrons. The lowest BCUT2D eigenvalue weighted by atomic mass is 10.0. The largest absolute Gasteiger partial charge is 0.294 e. The maximum atomic E-state index is 12.4. The first-order valence-electron chi connectivity index (χ1n) is 3.89. The predicted octanol–water partition coefficient (Wildman–Crippen LogP) is 2.70. The Hall–Kier alpha value is -1.76. The first-order valence-corrected chi connectivity index (χ1v) is 3.89. The van der Waals surface area contributed by atoms with Crippen molar-refractivity contribution in [3.63, 3.8) is 0 Å². The van der Waals surface area contributed by atoms with Crippen LogP contribution in [0.1, 0.15) is 34.8 Å². The van der Waals surface area contributed by atoms with Crippen LogP contribution in [0.5, 0.6) is 0 Å². The zero-order valence-corrected chi connectivity index (χ0v) is 7.42. The average molecular weight is 195 g/mol. The van der Waals surface area contributed by atoms with Gasteiger partial charge >= 0.3 is 0 Å². The highest BCUT2D eigenvalue weighted by atomic mass is 19.3. The first-order chi connectivity index (χ1) is 6.56. The highest BCUT2D eigenvalue weighted by Crippen LogP contribution is 2.24. The van der Waals surface area contributed by atoms with Crippen LogP contribution in [0.2, 0.25) is 0 Å². The minimum Gasteiger partial charge on any atom is -0.294 e. The summed E-state index contributed by atoms with van der Waals surface area (Å²) in [5.74, 6) is -0.461. The van der Waals surface area contributed by atoms with Crippen LogP contribution in [-0.2, 0) is 0 Å². The molecule has 0 aliphatic carbocycles. The summed E-state index contributed by atoms with van der Waals surface area (Å²) in [7, 11) is 0. The van der Waals surface area contributed by atoms with Crippen molar-refractivity contribution >= 4 is 5.78 Å². The van der Waals surface area contributed by atoms with Gasteiger partial charge in [-0.3, -0.25) is 4.79 Å². The molecule has 72 valence electrons. The van der Waals surface area contributed by atoms with Crippen molar-refractivity contribution in [1.29, 1.82) is 5.26 Å².